The molecular weight excluding hydrogens is 466 g/mol. The van der Waals surface area contributed by atoms with Crippen molar-refractivity contribution >= 4 is 17.8 Å². The summed E-state index contributed by atoms with van der Waals surface area (Å²) in [6, 6.07) is 12.0. The molecule has 3 fully saturated rings. The topological polar surface area (TPSA) is 73.0 Å². The summed E-state index contributed by atoms with van der Waals surface area (Å²) in [7, 11) is 0. The van der Waals surface area contributed by atoms with Gasteiger partial charge in [0.2, 0.25) is 5.91 Å². The summed E-state index contributed by atoms with van der Waals surface area (Å²) in [5, 5.41) is 2.85. The Kier molecular flexibility index (Phi) is 6.75. The summed E-state index contributed by atoms with van der Waals surface area (Å²) in [4.78, 5) is 43.3. The van der Waals surface area contributed by atoms with Gasteiger partial charge in [0.05, 0.1) is 6.04 Å². The van der Waals surface area contributed by atoms with Gasteiger partial charge < -0.3 is 10.2 Å². The fraction of sp³-hybridized carbons (Fsp3) is 0.444. The van der Waals surface area contributed by atoms with Crippen molar-refractivity contribution < 1.29 is 23.2 Å². The summed E-state index contributed by atoms with van der Waals surface area (Å²) in [5.41, 5.74) is 1.02. The van der Waals surface area contributed by atoms with E-state index < -0.39 is 11.6 Å². The Morgan fingerprint density at radius 3 is 1.92 bits per heavy atom. The van der Waals surface area contributed by atoms with E-state index in [-0.39, 0.29) is 42.5 Å². The largest absolute Gasteiger partial charge is 0.340 e. The van der Waals surface area contributed by atoms with Crippen molar-refractivity contribution in [2.45, 2.75) is 43.7 Å². The number of carbonyl (C=O) groups excluding carboxylic acids is 3. The zero-order valence-corrected chi connectivity index (χ0v) is 20.1. The van der Waals surface area contributed by atoms with Crippen molar-refractivity contribution in [3.8, 4) is 0 Å². The van der Waals surface area contributed by atoms with E-state index in [1.54, 1.807) is 29.2 Å². The highest BCUT2D eigenvalue weighted by molar-refractivity contribution is 6.07. The van der Waals surface area contributed by atoms with Crippen molar-refractivity contribution in [1.82, 2.24) is 20.0 Å². The number of piperazine rings is 1. The van der Waals surface area contributed by atoms with E-state index in [1.807, 2.05) is 0 Å². The van der Waals surface area contributed by atoms with Gasteiger partial charge >= 0.3 is 6.03 Å². The van der Waals surface area contributed by atoms with Gasteiger partial charge in [-0.2, -0.15) is 0 Å². The number of rotatable bonds is 6. The Morgan fingerprint density at radius 1 is 0.861 bits per heavy atom. The first kappa shape index (κ1) is 24.4. The fourth-order valence-corrected chi connectivity index (χ4v) is 5.70. The molecule has 1 N–H and O–H groups in total. The van der Waals surface area contributed by atoms with Crippen LogP contribution in [0.25, 0.3) is 0 Å². The molecule has 3 aliphatic rings. The van der Waals surface area contributed by atoms with Gasteiger partial charge in [-0.05, 0) is 48.2 Å². The predicted molar refractivity (Wildman–Crippen MR) is 129 cm³/mol. The van der Waals surface area contributed by atoms with E-state index in [1.165, 1.54) is 29.2 Å². The van der Waals surface area contributed by atoms with E-state index in [0.29, 0.717) is 39.0 Å². The third-order valence-electron chi connectivity index (χ3n) is 7.66. The zero-order valence-electron chi connectivity index (χ0n) is 20.1. The number of halogens is 2. The molecule has 2 heterocycles. The van der Waals surface area contributed by atoms with Crippen LogP contribution in [0.5, 0.6) is 0 Å². The lowest BCUT2D eigenvalue weighted by atomic mass is 9.96. The zero-order chi connectivity index (χ0) is 25.3. The number of carbonyl (C=O) groups is 3. The molecule has 1 spiro atoms. The molecule has 0 unspecified atom stereocenters. The van der Waals surface area contributed by atoms with Gasteiger partial charge in [-0.15, -0.1) is 0 Å². The van der Waals surface area contributed by atoms with Gasteiger partial charge in [0.25, 0.3) is 5.91 Å². The Labute approximate surface area is 209 Å². The number of hydrogen-bond donors (Lipinski definition) is 1. The second-order valence-electron chi connectivity index (χ2n) is 9.85. The molecule has 0 aromatic heterocycles. The standard InChI is InChI=1S/C27H30F2N4O3/c28-21-7-3-19(4-8-21)24(20-5-9-22(29)10-6-20)32-17-15-31(16-18-32)23(34)11-14-33-25(35)27(30-26(33)36)12-1-2-13-27/h3-10,24H,1-2,11-18H2,(H,30,36). The molecule has 2 aliphatic heterocycles. The molecule has 9 heteroatoms. The van der Waals surface area contributed by atoms with Crippen LogP contribution in [0.3, 0.4) is 0 Å². The molecule has 2 aromatic carbocycles. The van der Waals surface area contributed by atoms with Crippen LogP contribution in [0.2, 0.25) is 0 Å². The third-order valence-corrected chi connectivity index (χ3v) is 7.66. The number of imide groups is 1. The van der Waals surface area contributed by atoms with Gasteiger partial charge in [-0.3, -0.25) is 19.4 Å². The highest BCUT2D eigenvalue weighted by atomic mass is 19.1. The first-order valence-corrected chi connectivity index (χ1v) is 12.5. The SMILES string of the molecule is O=C(CCN1C(=O)NC2(CCCC2)C1=O)N1CCN(C(c2ccc(F)cc2)c2ccc(F)cc2)CC1. The van der Waals surface area contributed by atoms with Gasteiger partial charge in [0.1, 0.15) is 17.2 Å². The van der Waals surface area contributed by atoms with Crippen molar-refractivity contribution in [3.05, 3.63) is 71.3 Å². The van der Waals surface area contributed by atoms with Crippen molar-refractivity contribution in [3.63, 3.8) is 0 Å². The normalized spacial score (nSPS) is 20.0. The lowest BCUT2D eigenvalue weighted by Crippen LogP contribution is -2.50. The summed E-state index contributed by atoms with van der Waals surface area (Å²) in [5.74, 6) is -0.945. The summed E-state index contributed by atoms with van der Waals surface area (Å²) >= 11 is 0. The van der Waals surface area contributed by atoms with Crippen molar-refractivity contribution in [2.24, 2.45) is 0 Å². The monoisotopic (exact) mass is 496 g/mol. The fourth-order valence-electron chi connectivity index (χ4n) is 5.70. The minimum absolute atomic E-state index is 0.0826. The summed E-state index contributed by atoms with van der Waals surface area (Å²) in [6.45, 7) is 2.22. The lowest BCUT2D eigenvalue weighted by Gasteiger charge is -2.40. The van der Waals surface area contributed by atoms with Crippen LogP contribution in [-0.2, 0) is 9.59 Å². The molecule has 190 valence electrons. The Bertz CT molecular complexity index is 1080. The maximum Gasteiger partial charge on any atom is 0.325 e. The molecule has 7 nitrogen and oxygen atoms in total. The van der Waals surface area contributed by atoms with Crippen LogP contribution in [0.4, 0.5) is 13.6 Å². The van der Waals surface area contributed by atoms with E-state index in [4.69, 9.17) is 0 Å². The molecule has 5 rings (SSSR count). The molecular formula is C27H30F2N4O3. The highest BCUT2D eigenvalue weighted by Gasteiger charge is 2.52. The molecule has 4 amide bonds. The van der Waals surface area contributed by atoms with Gasteiger partial charge in [-0.25, -0.2) is 13.6 Å². The minimum Gasteiger partial charge on any atom is -0.340 e. The van der Waals surface area contributed by atoms with E-state index in [2.05, 4.69) is 10.2 Å². The third kappa shape index (κ3) is 4.72. The molecule has 0 bridgehead atoms. The number of benzene rings is 2. The van der Waals surface area contributed by atoms with Crippen molar-refractivity contribution in [1.29, 1.82) is 0 Å². The molecule has 2 aromatic rings. The number of urea groups is 1. The van der Waals surface area contributed by atoms with Crippen LogP contribution in [0.1, 0.15) is 49.3 Å². The first-order chi connectivity index (χ1) is 17.4. The molecule has 36 heavy (non-hydrogen) atoms. The molecule has 0 radical (unpaired) electrons. The lowest BCUT2D eigenvalue weighted by molar-refractivity contribution is -0.134. The Morgan fingerprint density at radius 2 is 1.39 bits per heavy atom. The van der Waals surface area contributed by atoms with Crippen LogP contribution in [0.15, 0.2) is 48.5 Å². The average Bonchev–Trinajstić information content (AvgIpc) is 3.44. The Balaban J connectivity index is 1.21. The quantitative estimate of drug-likeness (QED) is 0.622. The second-order valence-corrected chi connectivity index (χ2v) is 9.85. The smallest absolute Gasteiger partial charge is 0.325 e. The first-order valence-electron chi connectivity index (χ1n) is 12.5. The molecule has 1 aliphatic carbocycles. The number of hydrogen-bond acceptors (Lipinski definition) is 4. The van der Waals surface area contributed by atoms with E-state index in [0.717, 1.165) is 24.0 Å². The van der Waals surface area contributed by atoms with Gasteiger partial charge in [0.15, 0.2) is 0 Å². The van der Waals surface area contributed by atoms with Crippen LogP contribution in [-0.4, -0.2) is 70.8 Å². The average molecular weight is 497 g/mol. The van der Waals surface area contributed by atoms with Crippen molar-refractivity contribution in [2.75, 3.05) is 32.7 Å². The van der Waals surface area contributed by atoms with Crippen LogP contribution in [0, 0.1) is 11.6 Å². The number of nitrogens with one attached hydrogen (secondary N) is 1. The summed E-state index contributed by atoms with van der Waals surface area (Å²) < 4.78 is 27.1. The van der Waals surface area contributed by atoms with Crippen LogP contribution >= 0.6 is 0 Å². The summed E-state index contributed by atoms with van der Waals surface area (Å²) in [6.07, 6.45) is 3.24. The highest BCUT2D eigenvalue weighted by Crippen LogP contribution is 2.35. The maximum atomic E-state index is 13.6. The maximum absolute atomic E-state index is 13.6. The van der Waals surface area contributed by atoms with Gasteiger partial charge in [0, 0.05) is 39.1 Å². The second kappa shape index (κ2) is 9.97. The molecule has 1 saturated carbocycles. The predicted octanol–water partition coefficient (Wildman–Crippen LogP) is 3.45. The molecule has 2 saturated heterocycles. The Hall–Kier alpha value is -3.33. The number of nitrogens with zero attached hydrogens (tertiary/aromatic N) is 3. The van der Waals surface area contributed by atoms with E-state index in [9.17, 15) is 23.2 Å². The minimum atomic E-state index is -0.762. The van der Waals surface area contributed by atoms with E-state index >= 15 is 0 Å². The number of amides is 4. The molecule has 0 atom stereocenters. The van der Waals surface area contributed by atoms with Gasteiger partial charge in [-0.1, -0.05) is 37.1 Å². The van der Waals surface area contributed by atoms with Crippen LogP contribution < -0.4 is 5.32 Å².